The van der Waals surface area contributed by atoms with Gasteiger partial charge in [-0.1, -0.05) is 11.6 Å². The summed E-state index contributed by atoms with van der Waals surface area (Å²) in [6.45, 7) is 0.879. The average molecular weight is 282 g/mol. The molecule has 0 aliphatic heterocycles. The van der Waals surface area contributed by atoms with Crippen LogP contribution in [0, 0.1) is 0 Å². The Morgan fingerprint density at radius 1 is 1.44 bits per heavy atom. The number of hydrogen-bond acceptors (Lipinski definition) is 4. The molecule has 1 heterocycles. The van der Waals surface area contributed by atoms with E-state index in [1.54, 1.807) is 11.3 Å². The van der Waals surface area contributed by atoms with Gasteiger partial charge in [-0.3, -0.25) is 0 Å². The van der Waals surface area contributed by atoms with Crippen LogP contribution in [0.1, 0.15) is 30.6 Å². The molecule has 0 bridgehead atoms. The third-order valence-electron chi connectivity index (χ3n) is 2.86. The van der Waals surface area contributed by atoms with E-state index in [4.69, 9.17) is 17.3 Å². The van der Waals surface area contributed by atoms with Crippen molar-refractivity contribution in [2.45, 2.75) is 44.3 Å². The molecule has 1 aliphatic carbocycles. The maximum Gasteiger partial charge on any atom is 0.183 e. The Hall–Kier alpha value is 0.130. The first-order chi connectivity index (χ1) is 7.24. The maximum absolute atomic E-state index is 5.85. The van der Waals surface area contributed by atoms with Crippen LogP contribution >= 0.6 is 35.3 Å². The lowest BCUT2D eigenvalue weighted by molar-refractivity contribution is 0.342. The van der Waals surface area contributed by atoms with Gasteiger partial charge in [-0.15, -0.1) is 23.7 Å². The summed E-state index contributed by atoms with van der Waals surface area (Å²) in [6.07, 6.45) is 6.50. The minimum absolute atomic E-state index is 0. The standard InChI is InChI=1S/C10H16ClN3S.ClH/c11-10-14-6-9(15-10)5-13-8-3-1-7(12)2-4-8;/h6-8,13H,1-5,12H2;1H. The topological polar surface area (TPSA) is 50.9 Å². The van der Waals surface area contributed by atoms with Crippen molar-refractivity contribution in [3.8, 4) is 0 Å². The van der Waals surface area contributed by atoms with Gasteiger partial charge in [0.1, 0.15) is 0 Å². The summed E-state index contributed by atoms with van der Waals surface area (Å²) in [4.78, 5) is 5.22. The second-order valence-electron chi connectivity index (χ2n) is 4.07. The molecular weight excluding hydrogens is 265 g/mol. The van der Waals surface area contributed by atoms with Gasteiger partial charge in [0.2, 0.25) is 0 Å². The van der Waals surface area contributed by atoms with Gasteiger partial charge in [-0.2, -0.15) is 0 Å². The molecule has 0 atom stereocenters. The largest absolute Gasteiger partial charge is 0.328 e. The van der Waals surface area contributed by atoms with Crippen molar-refractivity contribution in [3.05, 3.63) is 15.5 Å². The van der Waals surface area contributed by atoms with E-state index in [0.717, 1.165) is 19.4 Å². The maximum atomic E-state index is 5.85. The minimum atomic E-state index is 0. The van der Waals surface area contributed by atoms with E-state index < -0.39 is 0 Å². The van der Waals surface area contributed by atoms with Crippen molar-refractivity contribution >= 4 is 35.3 Å². The minimum Gasteiger partial charge on any atom is -0.328 e. The Morgan fingerprint density at radius 3 is 2.69 bits per heavy atom. The summed E-state index contributed by atoms with van der Waals surface area (Å²) in [5.41, 5.74) is 5.85. The smallest absolute Gasteiger partial charge is 0.183 e. The fourth-order valence-corrected chi connectivity index (χ4v) is 2.86. The molecule has 0 saturated heterocycles. The monoisotopic (exact) mass is 281 g/mol. The molecule has 0 radical (unpaired) electrons. The van der Waals surface area contributed by atoms with E-state index in [1.807, 2.05) is 6.20 Å². The van der Waals surface area contributed by atoms with Crippen molar-refractivity contribution in [3.63, 3.8) is 0 Å². The van der Waals surface area contributed by atoms with Gasteiger partial charge in [0, 0.05) is 29.7 Å². The number of rotatable bonds is 3. The molecule has 6 heteroatoms. The van der Waals surface area contributed by atoms with Crippen LogP contribution in [-0.2, 0) is 6.54 Å². The number of nitrogens with two attached hydrogens (primary N) is 1. The Labute approximate surface area is 111 Å². The van der Waals surface area contributed by atoms with Gasteiger partial charge < -0.3 is 11.1 Å². The summed E-state index contributed by atoms with van der Waals surface area (Å²) in [5.74, 6) is 0. The zero-order valence-corrected chi connectivity index (χ0v) is 11.4. The van der Waals surface area contributed by atoms with Crippen LogP contribution in [0.2, 0.25) is 4.47 Å². The SMILES string of the molecule is Cl.NC1CCC(NCc2cnc(Cl)s2)CC1. The van der Waals surface area contributed by atoms with E-state index in [9.17, 15) is 0 Å². The molecule has 3 nitrogen and oxygen atoms in total. The van der Waals surface area contributed by atoms with Gasteiger partial charge in [-0.25, -0.2) is 4.98 Å². The summed E-state index contributed by atoms with van der Waals surface area (Å²) in [7, 11) is 0. The molecule has 0 amide bonds. The Morgan fingerprint density at radius 2 is 2.12 bits per heavy atom. The first-order valence-corrected chi connectivity index (χ1v) is 6.52. The van der Waals surface area contributed by atoms with E-state index in [-0.39, 0.29) is 12.4 Å². The average Bonchev–Trinajstić information content (AvgIpc) is 2.64. The first-order valence-electron chi connectivity index (χ1n) is 5.33. The van der Waals surface area contributed by atoms with Crippen LogP contribution in [0.4, 0.5) is 0 Å². The van der Waals surface area contributed by atoms with Crippen molar-refractivity contribution in [1.29, 1.82) is 0 Å². The van der Waals surface area contributed by atoms with Crippen LogP contribution < -0.4 is 11.1 Å². The summed E-state index contributed by atoms with van der Waals surface area (Å²) in [5, 5.41) is 3.53. The summed E-state index contributed by atoms with van der Waals surface area (Å²) < 4.78 is 0.623. The Balaban J connectivity index is 0.00000128. The number of hydrogen-bond donors (Lipinski definition) is 2. The molecule has 92 valence electrons. The van der Waals surface area contributed by atoms with Crippen LogP contribution in [-0.4, -0.2) is 17.1 Å². The van der Waals surface area contributed by atoms with Gasteiger partial charge in [0.15, 0.2) is 4.47 Å². The third kappa shape index (κ3) is 4.18. The highest BCUT2D eigenvalue weighted by molar-refractivity contribution is 7.15. The van der Waals surface area contributed by atoms with Crippen LogP contribution in [0.15, 0.2) is 6.20 Å². The third-order valence-corrected chi connectivity index (χ3v) is 3.98. The number of thiazole rings is 1. The lowest BCUT2D eigenvalue weighted by atomic mass is 9.92. The van der Waals surface area contributed by atoms with Crippen LogP contribution in [0.5, 0.6) is 0 Å². The van der Waals surface area contributed by atoms with Gasteiger partial charge in [0.25, 0.3) is 0 Å². The van der Waals surface area contributed by atoms with E-state index in [2.05, 4.69) is 10.3 Å². The summed E-state index contributed by atoms with van der Waals surface area (Å²) >= 11 is 7.31. The van der Waals surface area contributed by atoms with Gasteiger partial charge in [-0.05, 0) is 25.7 Å². The second-order valence-corrected chi connectivity index (χ2v) is 5.77. The summed E-state index contributed by atoms with van der Waals surface area (Å²) in [6, 6.07) is 1.03. The Kier molecular flexibility index (Phi) is 6.00. The molecule has 1 aromatic rings. The molecule has 1 aromatic heterocycles. The highest BCUT2D eigenvalue weighted by atomic mass is 35.5. The molecule has 0 aromatic carbocycles. The number of halogens is 2. The van der Waals surface area contributed by atoms with E-state index >= 15 is 0 Å². The fraction of sp³-hybridized carbons (Fsp3) is 0.700. The molecule has 0 spiro atoms. The lowest BCUT2D eigenvalue weighted by Gasteiger charge is -2.26. The Bertz CT molecular complexity index is 311. The van der Waals surface area contributed by atoms with Crippen molar-refractivity contribution < 1.29 is 0 Å². The van der Waals surface area contributed by atoms with E-state index in [1.165, 1.54) is 17.7 Å². The van der Waals surface area contributed by atoms with Crippen LogP contribution in [0.3, 0.4) is 0 Å². The molecule has 2 rings (SSSR count). The van der Waals surface area contributed by atoms with Gasteiger partial charge >= 0.3 is 0 Å². The van der Waals surface area contributed by atoms with Crippen molar-refractivity contribution in [1.82, 2.24) is 10.3 Å². The molecule has 1 saturated carbocycles. The number of aromatic nitrogens is 1. The number of nitrogens with one attached hydrogen (secondary N) is 1. The zero-order chi connectivity index (χ0) is 10.7. The predicted molar refractivity (Wildman–Crippen MR) is 71.4 cm³/mol. The molecule has 1 fully saturated rings. The molecule has 16 heavy (non-hydrogen) atoms. The lowest BCUT2D eigenvalue weighted by Crippen LogP contribution is -2.36. The number of nitrogens with zero attached hydrogens (tertiary/aromatic N) is 1. The zero-order valence-electron chi connectivity index (χ0n) is 8.99. The normalized spacial score (nSPS) is 25.1. The highest BCUT2D eigenvalue weighted by Gasteiger charge is 2.17. The predicted octanol–water partition coefficient (Wildman–Crippen LogP) is 2.58. The second kappa shape index (κ2) is 6.77. The van der Waals surface area contributed by atoms with Crippen LogP contribution in [0.25, 0.3) is 0 Å². The van der Waals surface area contributed by atoms with Crippen molar-refractivity contribution in [2.24, 2.45) is 5.73 Å². The first kappa shape index (κ1) is 14.2. The molecule has 0 unspecified atom stereocenters. The molecular formula is C10H17Cl2N3S. The van der Waals surface area contributed by atoms with Gasteiger partial charge in [0.05, 0.1) is 0 Å². The quantitative estimate of drug-likeness (QED) is 0.896. The molecule has 1 aliphatic rings. The molecule has 3 N–H and O–H groups in total. The fourth-order valence-electron chi connectivity index (χ4n) is 1.93. The highest BCUT2D eigenvalue weighted by Crippen LogP contribution is 2.20. The van der Waals surface area contributed by atoms with E-state index in [0.29, 0.717) is 16.6 Å². The van der Waals surface area contributed by atoms with Crippen molar-refractivity contribution in [2.75, 3.05) is 0 Å².